The number of halogens is 3. The maximum Gasteiger partial charge on any atom is 0.389 e. The molecule has 1 N–H and O–H groups in total. The predicted octanol–water partition coefficient (Wildman–Crippen LogP) is 2.96. The molecule has 3 aliphatic carbocycles. The summed E-state index contributed by atoms with van der Waals surface area (Å²) in [5, 5.41) is 3.33. The lowest BCUT2D eigenvalue weighted by molar-refractivity contribution is -0.135. The Hall–Kier alpha value is -0.250. The quantitative estimate of drug-likeness (QED) is 0.736. The fourth-order valence-electron chi connectivity index (χ4n) is 4.16. The second kappa shape index (κ2) is 3.62. The molecule has 4 atom stereocenters. The Morgan fingerprint density at radius 2 is 1.69 bits per heavy atom. The third kappa shape index (κ3) is 1.85. The van der Waals surface area contributed by atoms with Gasteiger partial charge in [-0.3, -0.25) is 0 Å². The van der Waals surface area contributed by atoms with Crippen LogP contribution < -0.4 is 5.32 Å². The van der Waals surface area contributed by atoms with Gasteiger partial charge in [-0.15, -0.1) is 0 Å². The summed E-state index contributed by atoms with van der Waals surface area (Å²) in [5.41, 5.74) is 0. The zero-order valence-electron chi connectivity index (χ0n) is 9.26. The third-order valence-corrected chi connectivity index (χ3v) is 4.75. The molecular weight excluding hydrogens is 215 g/mol. The molecule has 0 saturated heterocycles. The first kappa shape index (κ1) is 10.9. The minimum atomic E-state index is -3.99. The van der Waals surface area contributed by atoms with E-state index < -0.39 is 12.6 Å². The molecule has 2 bridgehead atoms. The molecule has 0 spiro atoms. The molecule has 3 fully saturated rings. The van der Waals surface area contributed by atoms with Gasteiger partial charge in [0.05, 0.1) is 0 Å². The van der Waals surface area contributed by atoms with Crippen LogP contribution in [0.2, 0.25) is 0 Å². The Morgan fingerprint density at radius 1 is 1.06 bits per heavy atom. The van der Waals surface area contributed by atoms with Gasteiger partial charge < -0.3 is 5.32 Å². The zero-order chi connectivity index (χ0) is 11.3. The molecule has 3 saturated carbocycles. The molecule has 4 unspecified atom stereocenters. The van der Waals surface area contributed by atoms with Gasteiger partial charge in [0.15, 0.2) is 0 Å². The van der Waals surface area contributed by atoms with Crippen molar-refractivity contribution < 1.29 is 13.2 Å². The van der Waals surface area contributed by atoms with Gasteiger partial charge in [0.1, 0.15) is 0 Å². The Morgan fingerprint density at radius 3 is 2.25 bits per heavy atom. The summed E-state index contributed by atoms with van der Waals surface area (Å²) in [4.78, 5) is 0. The van der Waals surface area contributed by atoms with E-state index in [0.29, 0.717) is 12.6 Å². The topological polar surface area (TPSA) is 12.0 Å². The molecule has 0 aromatic rings. The van der Waals surface area contributed by atoms with Gasteiger partial charge >= 0.3 is 6.18 Å². The van der Waals surface area contributed by atoms with E-state index >= 15 is 0 Å². The van der Waals surface area contributed by atoms with Crippen LogP contribution in [0.15, 0.2) is 0 Å². The fourth-order valence-corrected chi connectivity index (χ4v) is 4.16. The molecule has 16 heavy (non-hydrogen) atoms. The first-order chi connectivity index (χ1) is 7.56. The van der Waals surface area contributed by atoms with Gasteiger partial charge in [0, 0.05) is 12.5 Å². The lowest BCUT2D eigenvalue weighted by atomic mass is 10.0. The van der Waals surface area contributed by atoms with Crippen LogP contribution in [0.3, 0.4) is 0 Å². The van der Waals surface area contributed by atoms with Gasteiger partial charge in [-0.05, 0) is 55.9 Å². The maximum atomic E-state index is 11.9. The number of fused-ring (bicyclic) bond motifs is 5. The van der Waals surface area contributed by atoms with Gasteiger partial charge in [-0.1, -0.05) is 0 Å². The summed E-state index contributed by atoms with van der Waals surface area (Å²) in [5.74, 6) is 3.44. The zero-order valence-corrected chi connectivity index (χ0v) is 9.26. The molecule has 0 amide bonds. The maximum absolute atomic E-state index is 11.9. The van der Waals surface area contributed by atoms with E-state index in [4.69, 9.17) is 0 Å². The Labute approximate surface area is 93.8 Å². The normalized spacial score (nSPS) is 44.8. The number of nitrogens with one attached hydrogen (secondary N) is 1. The summed E-state index contributed by atoms with van der Waals surface area (Å²) < 4.78 is 35.8. The molecular formula is C12H18F3N. The highest BCUT2D eigenvalue weighted by Crippen LogP contribution is 2.65. The molecule has 0 aliphatic heterocycles. The second-order valence-corrected chi connectivity index (χ2v) is 5.69. The first-order valence-corrected chi connectivity index (χ1v) is 6.36. The van der Waals surface area contributed by atoms with Crippen LogP contribution >= 0.6 is 0 Å². The average Bonchev–Trinajstić information content (AvgIpc) is 2.60. The van der Waals surface area contributed by atoms with E-state index in [1.54, 1.807) is 0 Å². The van der Waals surface area contributed by atoms with E-state index in [0.717, 1.165) is 23.7 Å². The highest BCUT2D eigenvalue weighted by molar-refractivity contribution is 5.16. The number of alkyl halides is 3. The van der Waals surface area contributed by atoms with E-state index in [1.165, 1.54) is 19.3 Å². The van der Waals surface area contributed by atoms with Crippen LogP contribution in [0.5, 0.6) is 0 Å². The SMILES string of the molecule is FC(F)(F)CCCNC1C2C3CCC(C3)C12. The summed E-state index contributed by atoms with van der Waals surface area (Å²) >= 11 is 0. The van der Waals surface area contributed by atoms with Crippen molar-refractivity contribution >= 4 is 0 Å². The molecule has 4 heteroatoms. The Bertz CT molecular complexity index is 260. The lowest BCUT2D eigenvalue weighted by Gasteiger charge is -2.11. The van der Waals surface area contributed by atoms with Crippen molar-refractivity contribution in [3.05, 3.63) is 0 Å². The summed E-state index contributed by atoms with van der Waals surface area (Å²) in [6.45, 7) is 0.538. The van der Waals surface area contributed by atoms with Gasteiger partial charge in [0.2, 0.25) is 0 Å². The fraction of sp³-hybridized carbons (Fsp3) is 1.00. The van der Waals surface area contributed by atoms with Crippen molar-refractivity contribution in [2.75, 3.05) is 6.54 Å². The minimum absolute atomic E-state index is 0.231. The molecule has 92 valence electrons. The van der Waals surface area contributed by atoms with Crippen molar-refractivity contribution in [2.24, 2.45) is 23.7 Å². The van der Waals surface area contributed by atoms with Gasteiger partial charge in [-0.25, -0.2) is 0 Å². The molecule has 0 heterocycles. The number of rotatable bonds is 4. The highest BCUT2D eigenvalue weighted by Gasteiger charge is 2.64. The van der Waals surface area contributed by atoms with Crippen LogP contribution in [0.25, 0.3) is 0 Å². The average molecular weight is 233 g/mol. The van der Waals surface area contributed by atoms with Crippen LogP contribution in [-0.2, 0) is 0 Å². The van der Waals surface area contributed by atoms with E-state index in [1.807, 2.05) is 0 Å². The largest absolute Gasteiger partial charge is 0.389 e. The standard InChI is InChI=1S/C12H18F3N/c13-12(14,15)4-1-5-16-11-9-7-2-3-8(6-7)10(9)11/h7-11,16H,1-6H2. The van der Waals surface area contributed by atoms with Crippen molar-refractivity contribution in [1.29, 1.82) is 0 Å². The molecule has 0 radical (unpaired) electrons. The van der Waals surface area contributed by atoms with Crippen molar-refractivity contribution in [3.63, 3.8) is 0 Å². The first-order valence-electron chi connectivity index (χ1n) is 6.36. The van der Waals surface area contributed by atoms with Crippen LogP contribution in [-0.4, -0.2) is 18.8 Å². The summed E-state index contributed by atoms with van der Waals surface area (Å²) in [6.07, 6.45) is -0.265. The molecule has 0 aromatic carbocycles. The van der Waals surface area contributed by atoms with E-state index in [-0.39, 0.29) is 6.42 Å². The second-order valence-electron chi connectivity index (χ2n) is 5.69. The van der Waals surface area contributed by atoms with Crippen LogP contribution in [0, 0.1) is 23.7 Å². The van der Waals surface area contributed by atoms with Crippen molar-refractivity contribution in [1.82, 2.24) is 5.32 Å². The van der Waals surface area contributed by atoms with Crippen LogP contribution in [0.1, 0.15) is 32.1 Å². The molecule has 1 nitrogen and oxygen atoms in total. The summed E-state index contributed by atoms with van der Waals surface area (Å²) in [7, 11) is 0. The van der Waals surface area contributed by atoms with Crippen molar-refractivity contribution in [2.45, 2.75) is 44.3 Å². The lowest BCUT2D eigenvalue weighted by Crippen LogP contribution is -2.25. The molecule has 3 rings (SSSR count). The smallest absolute Gasteiger partial charge is 0.313 e. The summed E-state index contributed by atoms with van der Waals surface area (Å²) in [6, 6.07) is 0.569. The highest BCUT2D eigenvalue weighted by atomic mass is 19.4. The third-order valence-electron chi connectivity index (χ3n) is 4.75. The molecule has 0 aromatic heterocycles. The minimum Gasteiger partial charge on any atom is -0.313 e. The van der Waals surface area contributed by atoms with E-state index in [9.17, 15) is 13.2 Å². The number of hydrogen-bond acceptors (Lipinski definition) is 1. The van der Waals surface area contributed by atoms with Crippen LogP contribution in [0.4, 0.5) is 13.2 Å². The monoisotopic (exact) mass is 233 g/mol. The number of hydrogen-bond donors (Lipinski definition) is 1. The Kier molecular flexibility index (Phi) is 2.46. The van der Waals surface area contributed by atoms with Gasteiger partial charge in [0.25, 0.3) is 0 Å². The predicted molar refractivity (Wildman–Crippen MR) is 54.9 cm³/mol. The Balaban J connectivity index is 1.37. The molecule has 3 aliphatic rings. The van der Waals surface area contributed by atoms with E-state index in [2.05, 4.69) is 5.32 Å². The van der Waals surface area contributed by atoms with Crippen molar-refractivity contribution in [3.8, 4) is 0 Å². The van der Waals surface area contributed by atoms with Gasteiger partial charge in [-0.2, -0.15) is 13.2 Å².